The first-order chi connectivity index (χ1) is 9.47. The Morgan fingerprint density at radius 2 is 2.15 bits per heavy atom. The van der Waals surface area contributed by atoms with Crippen molar-refractivity contribution in [3.63, 3.8) is 0 Å². The normalized spacial score (nSPS) is 11.1. The van der Waals surface area contributed by atoms with Crippen LogP contribution in [0.1, 0.15) is 25.7 Å². The summed E-state index contributed by atoms with van der Waals surface area (Å²) in [5, 5.41) is 19.4. The van der Waals surface area contributed by atoms with Crippen LogP contribution in [0.3, 0.4) is 0 Å². The maximum atomic E-state index is 11.2. The van der Waals surface area contributed by atoms with Crippen molar-refractivity contribution in [1.82, 2.24) is 14.8 Å². The lowest BCUT2D eigenvalue weighted by Crippen LogP contribution is -2.12. The van der Waals surface area contributed by atoms with Gasteiger partial charge in [0.2, 0.25) is 0 Å². The molecule has 0 atom stereocenters. The monoisotopic (exact) mass is 295 g/mol. The molecule has 0 spiro atoms. The van der Waals surface area contributed by atoms with Crippen LogP contribution in [0.2, 0.25) is 5.02 Å². The van der Waals surface area contributed by atoms with E-state index in [1.54, 1.807) is 10.6 Å². The molecule has 20 heavy (non-hydrogen) atoms. The molecule has 0 saturated heterocycles. The summed E-state index contributed by atoms with van der Waals surface area (Å²) in [5.74, 6) is 0.918. The standard InChI is InChI=1S/C12H14ClN5O2/c1-7(2)17-10(6-14)15-16-12(17)11-8(13)4-3-5-9(11)18(19)20/h3-5,7H,6,14H2,1-2H3. The van der Waals surface area contributed by atoms with Gasteiger partial charge in [-0.25, -0.2) is 0 Å². The van der Waals surface area contributed by atoms with E-state index in [0.717, 1.165) is 0 Å². The number of aromatic nitrogens is 3. The van der Waals surface area contributed by atoms with Crippen LogP contribution >= 0.6 is 11.6 Å². The first kappa shape index (κ1) is 14.4. The largest absolute Gasteiger partial charge is 0.324 e. The second kappa shape index (κ2) is 5.56. The van der Waals surface area contributed by atoms with Gasteiger partial charge in [-0.3, -0.25) is 10.1 Å². The molecule has 0 bridgehead atoms. The Balaban J connectivity index is 2.75. The predicted molar refractivity (Wildman–Crippen MR) is 75.4 cm³/mol. The van der Waals surface area contributed by atoms with E-state index >= 15 is 0 Å². The van der Waals surface area contributed by atoms with Gasteiger partial charge in [-0.05, 0) is 19.9 Å². The molecule has 7 nitrogen and oxygen atoms in total. The molecule has 0 fully saturated rings. The van der Waals surface area contributed by atoms with Crippen LogP contribution in [0.25, 0.3) is 11.4 Å². The quantitative estimate of drug-likeness (QED) is 0.690. The zero-order valence-corrected chi connectivity index (χ0v) is 11.8. The second-order valence-electron chi connectivity index (χ2n) is 4.50. The van der Waals surface area contributed by atoms with Gasteiger partial charge in [0.05, 0.1) is 16.5 Å². The van der Waals surface area contributed by atoms with E-state index in [2.05, 4.69) is 10.2 Å². The van der Waals surface area contributed by atoms with Crippen LogP contribution in [0, 0.1) is 10.1 Å². The van der Waals surface area contributed by atoms with Crippen molar-refractivity contribution >= 4 is 17.3 Å². The summed E-state index contributed by atoms with van der Waals surface area (Å²) < 4.78 is 1.76. The number of rotatable bonds is 4. The average Bonchev–Trinajstić information content (AvgIpc) is 2.81. The molecule has 0 unspecified atom stereocenters. The van der Waals surface area contributed by atoms with Gasteiger partial charge in [0.1, 0.15) is 11.4 Å². The Morgan fingerprint density at radius 1 is 1.45 bits per heavy atom. The Kier molecular flexibility index (Phi) is 4.01. The van der Waals surface area contributed by atoms with Gasteiger partial charge in [0.15, 0.2) is 5.82 Å². The molecule has 1 aromatic carbocycles. The molecule has 0 aliphatic carbocycles. The molecule has 8 heteroatoms. The first-order valence-electron chi connectivity index (χ1n) is 6.04. The number of benzene rings is 1. The Hall–Kier alpha value is -1.99. The predicted octanol–water partition coefficient (Wildman–Crippen LogP) is 2.55. The van der Waals surface area contributed by atoms with Gasteiger partial charge in [0.25, 0.3) is 5.69 Å². The van der Waals surface area contributed by atoms with E-state index in [-0.39, 0.29) is 28.9 Å². The summed E-state index contributed by atoms with van der Waals surface area (Å²) in [6.07, 6.45) is 0. The van der Waals surface area contributed by atoms with Gasteiger partial charge in [0, 0.05) is 12.1 Å². The van der Waals surface area contributed by atoms with E-state index in [9.17, 15) is 10.1 Å². The van der Waals surface area contributed by atoms with Gasteiger partial charge in [-0.2, -0.15) is 0 Å². The number of nitrogens with zero attached hydrogens (tertiary/aromatic N) is 4. The SMILES string of the molecule is CC(C)n1c(CN)nnc1-c1c(Cl)cccc1[N+](=O)[O-]. The van der Waals surface area contributed by atoms with Crippen molar-refractivity contribution in [2.24, 2.45) is 5.73 Å². The fraction of sp³-hybridized carbons (Fsp3) is 0.333. The number of nitro groups is 1. The zero-order chi connectivity index (χ0) is 14.9. The molecule has 0 amide bonds. The van der Waals surface area contributed by atoms with Crippen molar-refractivity contribution in [2.45, 2.75) is 26.4 Å². The molecule has 1 heterocycles. The number of halogens is 1. The second-order valence-corrected chi connectivity index (χ2v) is 4.91. The maximum Gasteiger partial charge on any atom is 0.281 e. The summed E-state index contributed by atoms with van der Waals surface area (Å²) in [7, 11) is 0. The fourth-order valence-corrected chi connectivity index (χ4v) is 2.32. The third kappa shape index (κ3) is 2.37. The summed E-state index contributed by atoms with van der Waals surface area (Å²) in [4.78, 5) is 10.7. The van der Waals surface area contributed by atoms with E-state index in [4.69, 9.17) is 17.3 Å². The number of hydrogen-bond acceptors (Lipinski definition) is 5. The van der Waals surface area contributed by atoms with Crippen LogP contribution in [0.4, 0.5) is 5.69 Å². The molecule has 2 aromatic rings. The topological polar surface area (TPSA) is 99.9 Å². The molecular weight excluding hydrogens is 282 g/mol. The molecule has 2 N–H and O–H groups in total. The lowest BCUT2D eigenvalue weighted by Gasteiger charge is -2.14. The van der Waals surface area contributed by atoms with Gasteiger partial charge in [-0.15, -0.1) is 10.2 Å². The van der Waals surface area contributed by atoms with Crippen LogP contribution in [0.15, 0.2) is 18.2 Å². The molecule has 1 aromatic heterocycles. The average molecular weight is 296 g/mol. The molecular formula is C12H14ClN5O2. The van der Waals surface area contributed by atoms with Gasteiger partial charge in [-0.1, -0.05) is 17.7 Å². The highest BCUT2D eigenvalue weighted by Crippen LogP contribution is 2.36. The summed E-state index contributed by atoms with van der Waals surface area (Å²) in [6, 6.07) is 4.52. The third-order valence-electron chi connectivity index (χ3n) is 2.88. The Morgan fingerprint density at radius 3 is 2.70 bits per heavy atom. The van der Waals surface area contributed by atoms with E-state index in [1.165, 1.54) is 12.1 Å². The molecule has 0 aliphatic rings. The van der Waals surface area contributed by atoms with Gasteiger partial charge < -0.3 is 10.3 Å². The third-order valence-corrected chi connectivity index (χ3v) is 3.19. The summed E-state index contributed by atoms with van der Waals surface area (Å²) in [5.41, 5.74) is 5.79. The van der Waals surface area contributed by atoms with Crippen molar-refractivity contribution in [2.75, 3.05) is 0 Å². The molecule has 106 valence electrons. The summed E-state index contributed by atoms with van der Waals surface area (Å²) in [6.45, 7) is 4.05. The number of nitrogens with two attached hydrogens (primary N) is 1. The molecule has 0 aliphatic heterocycles. The molecule has 0 radical (unpaired) electrons. The van der Waals surface area contributed by atoms with E-state index < -0.39 is 4.92 Å². The lowest BCUT2D eigenvalue weighted by atomic mass is 10.1. The van der Waals surface area contributed by atoms with E-state index in [0.29, 0.717) is 11.6 Å². The smallest absolute Gasteiger partial charge is 0.281 e. The Labute approximate surface area is 120 Å². The minimum Gasteiger partial charge on any atom is -0.324 e. The van der Waals surface area contributed by atoms with Crippen molar-refractivity contribution < 1.29 is 4.92 Å². The fourth-order valence-electron chi connectivity index (χ4n) is 2.06. The van der Waals surface area contributed by atoms with Crippen molar-refractivity contribution in [1.29, 1.82) is 0 Å². The van der Waals surface area contributed by atoms with Crippen molar-refractivity contribution in [3.8, 4) is 11.4 Å². The lowest BCUT2D eigenvalue weighted by molar-refractivity contribution is -0.384. The highest BCUT2D eigenvalue weighted by molar-refractivity contribution is 6.33. The minimum atomic E-state index is -0.483. The van der Waals surface area contributed by atoms with Crippen LogP contribution in [-0.2, 0) is 6.54 Å². The molecule has 0 saturated carbocycles. The van der Waals surface area contributed by atoms with Gasteiger partial charge >= 0.3 is 0 Å². The van der Waals surface area contributed by atoms with Crippen LogP contribution < -0.4 is 5.73 Å². The van der Waals surface area contributed by atoms with Crippen LogP contribution in [-0.4, -0.2) is 19.7 Å². The van der Waals surface area contributed by atoms with Crippen LogP contribution in [0.5, 0.6) is 0 Å². The zero-order valence-electron chi connectivity index (χ0n) is 11.1. The van der Waals surface area contributed by atoms with E-state index in [1.807, 2.05) is 13.8 Å². The highest BCUT2D eigenvalue weighted by Gasteiger charge is 2.25. The number of hydrogen-bond donors (Lipinski definition) is 1. The first-order valence-corrected chi connectivity index (χ1v) is 6.42. The minimum absolute atomic E-state index is 0.00873. The Bertz CT molecular complexity index is 653. The van der Waals surface area contributed by atoms with Crippen molar-refractivity contribution in [3.05, 3.63) is 39.2 Å². The molecule has 2 rings (SSSR count). The maximum absolute atomic E-state index is 11.2. The highest BCUT2D eigenvalue weighted by atomic mass is 35.5. The number of nitro benzene ring substituents is 1. The summed E-state index contributed by atoms with van der Waals surface area (Å²) >= 11 is 6.12.